The molecule has 118 valence electrons. The van der Waals surface area contributed by atoms with Crippen LogP contribution in [-0.2, 0) is 28.8 Å². The van der Waals surface area contributed by atoms with Gasteiger partial charge in [-0.2, -0.15) is 0 Å². The van der Waals surface area contributed by atoms with Crippen LogP contribution in [0, 0.1) is 12.7 Å². The lowest BCUT2D eigenvalue weighted by molar-refractivity contribution is 0.184. The molecule has 0 bridgehead atoms. The standard InChI is InChI=1S/C18H22FO2P/c1-12-15(9-20-2)7-14(8-18(12)19)17-5-4-13(11-22)6-16(17)10-21-3/h4-8H,9-11,22H2,1-3H3. The molecule has 0 spiro atoms. The smallest absolute Gasteiger partial charge is 0.127 e. The van der Waals surface area contributed by atoms with Crippen molar-refractivity contribution in [2.75, 3.05) is 14.2 Å². The Bertz CT molecular complexity index is 656. The van der Waals surface area contributed by atoms with Gasteiger partial charge in [-0.15, -0.1) is 9.24 Å². The molecule has 0 N–H and O–H groups in total. The van der Waals surface area contributed by atoms with Crippen LogP contribution >= 0.6 is 9.24 Å². The van der Waals surface area contributed by atoms with Crippen LogP contribution in [0.5, 0.6) is 0 Å². The first-order chi connectivity index (χ1) is 10.6. The van der Waals surface area contributed by atoms with Crippen LogP contribution < -0.4 is 0 Å². The van der Waals surface area contributed by atoms with Gasteiger partial charge in [0.25, 0.3) is 0 Å². The van der Waals surface area contributed by atoms with E-state index in [2.05, 4.69) is 21.4 Å². The van der Waals surface area contributed by atoms with E-state index in [9.17, 15) is 4.39 Å². The van der Waals surface area contributed by atoms with Gasteiger partial charge in [0.15, 0.2) is 0 Å². The summed E-state index contributed by atoms with van der Waals surface area (Å²) >= 11 is 0. The molecule has 2 aromatic carbocycles. The summed E-state index contributed by atoms with van der Waals surface area (Å²) in [6.45, 7) is 2.68. The topological polar surface area (TPSA) is 18.5 Å². The molecular formula is C18H22FO2P. The number of halogens is 1. The Morgan fingerprint density at radius 1 is 1.00 bits per heavy atom. The number of hydrogen-bond donors (Lipinski definition) is 0. The maximum Gasteiger partial charge on any atom is 0.127 e. The number of ether oxygens (including phenoxy) is 2. The van der Waals surface area contributed by atoms with Gasteiger partial charge in [0.1, 0.15) is 5.82 Å². The Hall–Kier alpha value is -1.28. The van der Waals surface area contributed by atoms with E-state index in [0.29, 0.717) is 18.8 Å². The van der Waals surface area contributed by atoms with E-state index in [1.807, 2.05) is 12.1 Å². The molecule has 0 amide bonds. The van der Waals surface area contributed by atoms with Crippen LogP contribution in [0.15, 0.2) is 30.3 Å². The van der Waals surface area contributed by atoms with Crippen molar-refractivity contribution < 1.29 is 13.9 Å². The normalized spacial score (nSPS) is 11.0. The molecule has 0 heterocycles. The summed E-state index contributed by atoms with van der Waals surface area (Å²) in [6, 6.07) is 9.80. The van der Waals surface area contributed by atoms with Crippen molar-refractivity contribution in [1.29, 1.82) is 0 Å². The molecule has 0 aliphatic rings. The van der Waals surface area contributed by atoms with Crippen molar-refractivity contribution in [2.45, 2.75) is 26.3 Å². The van der Waals surface area contributed by atoms with E-state index in [0.717, 1.165) is 28.4 Å². The molecule has 2 rings (SSSR count). The summed E-state index contributed by atoms with van der Waals surface area (Å²) in [4.78, 5) is 0. The lowest BCUT2D eigenvalue weighted by Crippen LogP contribution is -1.99. The average Bonchev–Trinajstić information content (AvgIpc) is 2.52. The van der Waals surface area contributed by atoms with Gasteiger partial charge in [-0.25, -0.2) is 4.39 Å². The van der Waals surface area contributed by atoms with Gasteiger partial charge in [0.2, 0.25) is 0 Å². The highest BCUT2D eigenvalue weighted by atomic mass is 31.0. The highest BCUT2D eigenvalue weighted by Crippen LogP contribution is 2.29. The van der Waals surface area contributed by atoms with E-state index < -0.39 is 0 Å². The molecule has 0 aliphatic carbocycles. The molecule has 0 fully saturated rings. The minimum Gasteiger partial charge on any atom is -0.380 e. The van der Waals surface area contributed by atoms with Gasteiger partial charge in [-0.3, -0.25) is 0 Å². The zero-order chi connectivity index (χ0) is 16.1. The Labute approximate surface area is 133 Å². The zero-order valence-electron chi connectivity index (χ0n) is 13.3. The summed E-state index contributed by atoms with van der Waals surface area (Å²) in [7, 11) is 6.00. The number of methoxy groups -OCH3 is 2. The highest BCUT2D eigenvalue weighted by molar-refractivity contribution is 7.15. The minimum absolute atomic E-state index is 0.206. The third kappa shape index (κ3) is 3.73. The summed E-state index contributed by atoms with van der Waals surface area (Å²) in [6.07, 6.45) is 0.883. The molecule has 22 heavy (non-hydrogen) atoms. The zero-order valence-corrected chi connectivity index (χ0v) is 14.4. The Kier molecular flexibility index (Phi) is 6.07. The van der Waals surface area contributed by atoms with Crippen LogP contribution in [0.3, 0.4) is 0 Å². The Balaban J connectivity index is 2.55. The quantitative estimate of drug-likeness (QED) is 0.731. The van der Waals surface area contributed by atoms with Crippen molar-refractivity contribution in [1.82, 2.24) is 0 Å². The van der Waals surface area contributed by atoms with Crippen molar-refractivity contribution in [3.8, 4) is 11.1 Å². The fourth-order valence-corrected chi connectivity index (χ4v) is 2.78. The lowest BCUT2D eigenvalue weighted by Gasteiger charge is -2.14. The van der Waals surface area contributed by atoms with Gasteiger partial charge < -0.3 is 9.47 Å². The molecule has 0 saturated carbocycles. The van der Waals surface area contributed by atoms with Crippen molar-refractivity contribution >= 4 is 9.24 Å². The van der Waals surface area contributed by atoms with E-state index in [1.165, 1.54) is 5.56 Å². The highest BCUT2D eigenvalue weighted by Gasteiger charge is 2.12. The summed E-state index contributed by atoms with van der Waals surface area (Å²) in [5.41, 5.74) is 5.65. The molecular weight excluding hydrogens is 298 g/mol. The van der Waals surface area contributed by atoms with Gasteiger partial charge in [-0.05, 0) is 58.6 Å². The fraction of sp³-hybridized carbons (Fsp3) is 0.333. The number of hydrogen-bond acceptors (Lipinski definition) is 2. The van der Waals surface area contributed by atoms with Crippen LogP contribution in [-0.4, -0.2) is 14.2 Å². The fourth-order valence-electron chi connectivity index (χ4n) is 2.53. The minimum atomic E-state index is -0.206. The molecule has 2 nitrogen and oxygen atoms in total. The summed E-state index contributed by atoms with van der Waals surface area (Å²) in [5, 5.41) is 0. The van der Waals surface area contributed by atoms with Crippen LogP contribution in [0.4, 0.5) is 4.39 Å². The summed E-state index contributed by atoms with van der Waals surface area (Å²) in [5.74, 6) is -0.206. The van der Waals surface area contributed by atoms with Crippen molar-refractivity contribution in [2.24, 2.45) is 0 Å². The van der Waals surface area contributed by atoms with Gasteiger partial charge >= 0.3 is 0 Å². The molecule has 0 saturated heterocycles. The number of rotatable bonds is 6. The summed E-state index contributed by atoms with van der Waals surface area (Å²) < 4.78 is 24.7. The van der Waals surface area contributed by atoms with Gasteiger partial charge in [0, 0.05) is 14.2 Å². The molecule has 4 heteroatoms. The second-order valence-corrected chi connectivity index (χ2v) is 5.71. The first kappa shape index (κ1) is 17.1. The average molecular weight is 320 g/mol. The number of benzene rings is 2. The van der Waals surface area contributed by atoms with Crippen LogP contribution in [0.2, 0.25) is 0 Å². The molecule has 0 aliphatic heterocycles. The van der Waals surface area contributed by atoms with Gasteiger partial charge in [0.05, 0.1) is 13.2 Å². The largest absolute Gasteiger partial charge is 0.380 e. The SMILES string of the molecule is COCc1cc(CP)ccc1-c1cc(F)c(C)c(COC)c1. The second-order valence-electron chi connectivity index (χ2n) is 5.30. The van der Waals surface area contributed by atoms with E-state index in [-0.39, 0.29) is 5.82 Å². The van der Waals surface area contributed by atoms with Crippen molar-refractivity contribution in [3.05, 3.63) is 58.4 Å². The lowest BCUT2D eigenvalue weighted by atomic mass is 9.95. The van der Waals surface area contributed by atoms with E-state index >= 15 is 0 Å². The maximum absolute atomic E-state index is 14.2. The molecule has 0 aromatic heterocycles. The maximum atomic E-state index is 14.2. The predicted octanol–water partition coefficient (Wildman–Crippen LogP) is 4.47. The Morgan fingerprint density at radius 2 is 1.68 bits per heavy atom. The first-order valence-electron chi connectivity index (χ1n) is 7.19. The molecule has 1 unspecified atom stereocenters. The van der Waals surface area contributed by atoms with Crippen molar-refractivity contribution in [3.63, 3.8) is 0 Å². The monoisotopic (exact) mass is 320 g/mol. The van der Waals surface area contributed by atoms with Crippen LogP contribution in [0.25, 0.3) is 11.1 Å². The third-order valence-electron chi connectivity index (χ3n) is 3.77. The Morgan fingerprint density at radius 3 is 2.32 bits per heavy atom. The molecule has 2 aromatic rings. The van der Waals surface area contributed by atoms with E-state index in [4.69, 9.17) is 9.47 Å². The second kappa shape index (κ2) is 7.82. The predicted molar refractivity (Wildman–Crippen MR) is 91.4 cm³/mol. The van der Waals surface area contributed by atoms with Gasteiger partial charge in [-0.1, -0.05) is 18.2 Å². The first-order valence-corrected chi connectivity index (χ1v) is 8.01. The molecule has 0 radical (unpaired) electrons. The third-order valence-corrected chi connectivity index (χ3v) is 4.24. The van der Waals surface area contributed by atoms with Crippen LogP contribution in [0.1, 0.15) is 22.3 Å². The van der Waals surface area contributed by atoms with E-state index in [1.54, 1.807) is 27.2 Å². The molecule has 1 atom stereocenters.